The minimum absolute atomic E-state index is 0.416. The van der Waals surface area contributed by atoms with Gasteiger partial charge < -0.3 is 5.32 Å². The van der Waals surface area contributed by atoms with Crippen molar-refractivity contribution in [3.05, 3.63) is 29.8 Å². The highest BCUT2D eigenvalue weighted by Gasteiger charge is 2.17. The summed E-state index contributed by atoms with van der Waals surface area (Å²) in [5.41, 5.74) is 2.54. The lowest BCUT2D eigenvalue weighted by Crippen LogP contribution is -2.25. The number of anilines is 1. The largest absolute Gasteiger partial charge is 0.382 e. The molecule has 1 fully saturated rings. The Balaban J connectivity index is 1.90. The van der Waals surface area contributed by atoms with Crippen LogP contribution in [0.25, 0.3) is 0 Å². The summed E-state index contributed by atoms with van der Waals surface area (Å²) < 4.78 is 0. The van der Waals surface area contributed by atoms with Crippen LogP contribution in [0.2, 0.25) is 0 Å². The first kappa shape index (κ1) is 11.2. The molecule has 0 atom stereocenters. The fourth-order valence-corrected chi connectivity index (χ4v) is 2.16. The lowest BCUT2D eigenvalue weighted by Gasteiger charge is -2.23. The lowest BCUT2D eigenvalue weighted by atomic mass is 9.94. The van der Waals surface area contributed by atoms with Crippen molar-refractivity contribution >= 4 is 11.5 Å². The molecule has 16 heavy (non-hydrogen) atoms. The molecule has 1 saturated carbocycles. The van der Waals surface area contributed by atoms with E-state index in [0.29, 0.717) is 11.8 Å². The standard InChI is InChI=1S/C14H19NO/c1-2-11-3-5-12(6-4-11)15-13-7-9-14(16)10-8-13/h3-6,13,15H,2,7-10H2,1H3. The highest BCUT2D eigenvalue weighted by atomic mass is 16.1. The molecule has 2 nitrogen and oxygen atoms in total. The maximum Gasteiger partial charge on any atom is 0.133 e. The van der Waals surface area contributed by atoms with E-state index < -0.39 is 0 Å². The van der Waals surface area contributed by atoms with Gasteiger partial charge in [-0.2, -0.15) is 0 Å². The van der Waals surface area contributed by atoms with Gasteiger partial charge in [-0.3, -0.25) is 4.79 Å². The molecule has 0 bridgehead atoms. The van der Waals surface area contributed by atoms with E-state index in [1.54, 1.807) is 0 Å². The average molecular weight is 217 g/mol. The molecule has 1 aliphatic rings. The van der Waals surface area contributed by atoms with Crippen molar-refractivity contribution in [3.8, 4) is 0 Å². The summed E-state index contributed by atoms with van der Waals surface area (Å²) in [6.07, 6.45) is 4.52. The SMILES string of the molecule is CCc1ccc(NC2CCC(=O)CC2)cc1. The molecule has 0 spiro atoms. The molecule has 1 aromatic carbocycles. The van der Waals surface area contributed by atoms with Gasteiger partial charge in [-0.15, -0.1) is 0 Å². The number of ketones is 1. The van der Waals surface area contributed by atoms with Crippen molar-refractivity contribution in [1.82, 2.24) is 0 Å². The van der Waals surface area contributed by atoms with E-state index in [1.165, 1.54) is 11.3 Å². The third kappa shape index (κ3) is 2.84. The van der Waals surface area contributed by atoms with Gasteiger partial charge in [0.05, 0.1) is 0 Å². The van der Waals surface area contributed by atoms with E-state index in [2.05, 4.69) is 36.5 Å². The van der Waals surface area contributed by atoms with Gasteiger partial charge in [0.25, 0.3) is 0 Å². The monoisotopic (exact) mass is 217 g/mol. The zero-order valence-corrected chi connectivity index (χ0v) is 9.83. The smallest absolute Gasteiger partial charge is 0.133 e. The maximum atomic E-state index is 11.1. The van der Waals surface area contributed by atoms with Gasteiger partial charge in [-0.25, -0.2) is 0 Å². The molecular weight excluding hydrogens is 198 g/mol. The average Bonchev–Trinajstić information content (AvgIpc) is 2.33. The van der Waals surface area contributed by atoms with E-state index in [1.807, 2.05) is 0 Å². The van der Waals surface area contributed by atoms with Crippen molar-refractivity contribution in [1.29, 1.82) is 0 Å². The Kier molecular flexibility index (Phi) is 3.60. The summed E-state index contributed by atoms with van der Waals surface area (Å²) in [4.78, 5) is 11.1. The van der Waals surface area contributed by atoms with Crippen LogP contribution in [-0.4, -0.2) is 11.8 Å². The number of hydrogen-bond acceptors (Lipinski definition) is 2. The number of aryl methyl sites for hydroxylation is 1. The van der Waals surface area contributed by atoms with Gasteiger partial charge in [0.1, 0.15) is 5.78 Å². The highest BCUT2D eigenvalue weighted by molar-refractivity contribution is 5.79. The molecule has 1 N–H and O–H groups in total. The van der Waals surface area contributed by atoms with E-state index >= 15 is 0 Å². The van der Waals surface area contributed by atoms with Crippen LogP contribution in [0.5, 0.6) is 0 Å². The predicted molar refractivity (Wildman–Crippen MR) is 66.7 cm³/mol. The molecule has 1 aliphatic carbocycles. The van der Waals surface area contributed by atoms with Crippen LogP contribution in [0.15, 0.2) is 24.3 Å². The molecule has 2 heteroatoms. The number of nitrogens with one attached hydrogen (secondary N) is 1. The summed E-state index contributed by atoms with van der Waals surface area (Å²) in [7, 11) is 0. The van der Waals surface area contributed by atoms with Crippen molar-refractivity contribution in [2.24, 2.45) is 0 Å². The summed E-state index contributed by atoms with van der Waals surface area (Å²) in [5, 5.41) is 3.50. The summed E-state index contributed by atoms with van der Waals surface area (Å²) in [5.74, 6) is 0.416. The number of carbonyl (C=O) groups excluding carboxylic acids is 1. The van der Waals surface area contributed by atoms with Crippen LogP contribution in [-0.2, 0) is 11.2 Å². The van der Waals surface area contributed by atoms with E-state index in [-0.39, 0.29) is 0 Å². The lowest BCUT2D eigenvalue weighted by molar-refractivity contribution is -0.120. The Morgan fingerprint density at radius 3 is 2.38 bits per heavy atom. The number of hydrogen-bond donors (Lipinski definition) is 1. The first-order chi connectivity index (χ1) is 7.78. The Morgan fingerprint density at radius 2 is 1.81 bits per heavy atom. The van der Waals surface area contributed by atoms with Crippen LogP contribution in [0, 0.1) is 0 Å². The normalized spacial score (nSPS) is 17.4. The third-order valence-corrected chi connectivity index (χ3v) is 3.28. The number of rotatable bonds is 3. The Labute approximate surface area is 97.1 Å². The van der Waals surface area contributed by atoms with Crippen LogP contribution >= 0.6 is 0 Å². The topological polar surface area (TPSA) is 29.1 Å². The second-order valence-corrected chi connectivity index (χ2v) is 4.51. The van der Waals surface area contributed by atoms with Gasteiger partial charge in [0, 0.05) is 24.6 Å². The highest BCUT2D eigenvalue weighted by Crippen LogP contribution is 2.20. The van der Waals surface area contributed by atoms with Gasteiger partial charge in [-0.1, -0.05) is 19.1 Å². The minimum atomic E-state index is 0.416. The van der Waals surface area contributed by atoms with E-state index in [9.17, 15) is 4.79 Å². The Hall–Kier alpha value is -1.31. The van der Waals surface area contributed by atoms with E-state index in [4.69, 9.17) is 0 Å². The first-order valence-corrected chi connectivity index (χ1v) is 6.15. The second-order valence-electron chi connectivity index (χ2n) is 4.51. The van der Waals surface area contributed by atoms with Crippen molar-refractivity contribution < 1.29 is 4.79 Å². The Bertz CT molecular complexity index is 346. The van der Waals surface area contributed by atoms with Crippen molar-refractivity contribution in [2.45, 2.75) is 45.1 Å². The summed E-state index contributed by atoms with van der Waals surface area (Å²) >= 11 is 0. The van der Waals surface area contributed by atoms with Crippen LogP contribution in [0.1, 0.15) is 38.2 Å². The molecule has 0 aromatic heterocycles. The molecule has 1 aromatic rings. The molecule has 0 amide bonds. The summed E-state index contributed by atoms with van der Waals surface area (Å²) in [6.45, 7) is 2.16. The van der Waals surface area contributed by atoms with Crippen LogP contribution in [0.4, 0.5) is 5.69 Å². The van der Waals surface area contributed by atoms with Crippen molar-refractivity contribution in [2.75, 3.05) is 5.32 Å². The molecule has 0 heterocycles. The fraction of sp³-hybridized carbons (Fsp3) is 0.500. The van der Waals surface area contributed by atoms with Crippen molar-refractivity contribution in [3.63, 3.8) is 0 Å². The fourth-order valence-electron chi connectivity index (χ4n) is 2.16. The zero-order chi connectivity index (χ0) is 11.4. The zero-order valence-electron chi connectivity index (χ0n) is 9.83. The Morgan fingerprint density at radius 1 is 1.19 bits per heavy atom. The van der Waals surface area contributed by atoms with Gasteiger partial charge >= 0.3 is 0 Å². The van der Waals surface area contributed by atoms with Crippen LogP contribution < -0.4 is 5.32 Å². The van der Waals surface area contributed by atoms with Crippen LogP contribution in [0.3, 0.4) is 0 Å². The van der Waals surface area contributed by atoms with Gasteiger partial charge in [0.15, 0.2) is 0 Å². The van der Waals surface area contributed by atoms with E-state index in [0.717, 1.165) is 32.1 Å². The molecule has 86 valence electrons. The number of carbonyl (C=O) groups is 1. The number of Topliss-reactive ketones (excluding diaryl/α,β-unsaturated/α-hetero) is 1. The minimum Gasteiger partial charge on any atom is -0.382 e. The van der Waals surface area contributed by atoms with Gasteiger partial charge in [-0.05, 0) is 37.0 Å². The summed E-state index contributed by atoms with van der Waals surface area (Å²) in [6, 6.07) is 9.07. The first-order valence-electron chi connectivity index (χ1n) is 6.15. The predicted octanol–water partition coefficient (Wildman–Crippen LogP) is 3.17. The third-order valence-electron chi connectivity index (χ3n) is 3.28. The van der Waals surface area contributed by atoms with Gasteiger partial charge in [0.2, 0.25) is 0 Å². The molecule has 0 unspecified atom stereocenters. The number of benzene rings is 1. The molecule has 2 rings (SSSR count). The second kappa shape index (κ2) is 5.15. The quantitative estimate of drug-likeness (QED) is 0.842. The maximum absolute atomic E-state index is 11.1. The molecular formula is C14H19NO. The molecule has 0 saturated heterocycles. The molecule has 0 radical (unpaired) electrons. The molecule has 0 aliphatic heterocycles.